The summed E-state index contributed by atoms with van der Waals surface area (Å²) in [6.07, 6.45) is 1.22. The van der Waals surface area contributed by atoms with Crippen LogP contribution >= 0.6 is 11.6 Å². The van der Waals surface area contributed by atoms with E-state index in [1.165, 1.54) is 73.0 Å². The van der Waals surface area contributed by atoms with Crippen LogP contribution in [0.4, 0.5) is 5.69 Å². The molecule has 0 aliphatic rings. The molecule has 12 nitrogen and oxygen atoms in total. The predicted octanol–water partition coefficient (Wildman–Crippen LogP) is 4.36. The number of halogens is 1. The Labute approximate surface area is 272 Å². The number of hydrogen-bond acceptors (Lipinski definition) is 8. The van der Waals surface area contributed by atoms with Crippen LogP contribution in [0.3, 0.4) is 0 Å². The van der Waals surface area contributed by atoms with E-state index in [9.17, 15) is 26.4 Å². The lowest BCUT2D eigenvalue weighted by atomic mass is 10.1. The van der Waals surface area contributed by atoms with E-state index in [2.05, 4.69) is 15.8 Å². The van der Waals surface area contributed by atoms with Gasteiger partial charge in [0.1, 0.15) is 11.5 Å². The standard InChI is InChI=1S/C31H32ClN5O7S2/c1-22-4-6-24(7-5-22)19-37(46(42,43)30-14-8-25(32)9-15-30)20-28-13-12-27(44-28)18-33-35-31(39)21-36(3)45(40,41)29-16-10-26(11-17-29)34-23(2)38/h4-18H,19-21H2,1-3H3,(H,34,38)(H,35,39)/b33-18-. The maximum absolute atomic E-state index is 13.6. The molecule has 2 N–H and O–H groups in total. The molecular formula is C31H32ClN5O7S2. The molecule has 15 heteroatoms. The number of nitrogens with zero attached hydrogens (tertiary/aromatic N) is 3. The zero-order valence-electron chi connectivity index (χ0n) is 25.2. The third-order valence-corrected chi connectivity index (χ3v) is 10.5. The maximum Gasteiger partial charge on any atom is 0.255 e. The molecule has 1 aromatic heterocycles. The highest BCUT2D eigenvalue weighted by Gasteiger charge is 2.26. The number of hydrogen-bond donors (Lipinski definition) is 2. The first kappa shape index (κ1) is 34.5. The molecule has 46 heavy (non-hydrogen) atoms. The van der Waals surface area contributed by atoms with Gasteiger partial charge in [-0.3, -0.25) is 9.59 Å². The van der Waals surface area contributed by atoms with Crippen LogP contribution in [0.25, 0.3) is 0 Å². The molecule has 0 radical (unpaired) electrons. The van der Waals surface area contributed by atoms with E-state index in [1.807, 2.05) is 31.2 Å². The Morgan fingerprint density at radius 2 is 1.46 bits per heavy atom. The Morgan fingerprint density at radius 1 is 0.848 bits per heavy atom. The minimum atomic E-state index is -3.99. The van der Waals surface area contributed by atoms with Crippen molar-refractivity contribution in [1.82, 2.24) is 14.0 Å². The molecule has 0 aliphatic heterocycles. The van der Waals surface area contributed by atoms with Gasteiger partial charge >= 0.3 is 0 Å². The minimum Gasteiger partial charge on any atom is -0.459 e. The first-order chi connectivity index (χ1) is 21.7. The second-order valence-electron chi connectivity index (χ2n) is 10.3. The summed E-state index contributed by atoms with van der Waals surface area (Å²) in [6.45, 7) is 2.75. The van der Waals surface area contributed by atoms with Crippen LogP contribution in [0.5, 0.6) is 0 Å². The fourth-order valence-corrected chi connectivity index (χ4v) is 6.83. The van der Waals surface area contributed by atoms with Crippen molar-refractivity contribution in [2.24, 2.45) is 5.10 Å². The van der Waals surface area contributed by atoms with E-state index in [4.69, 9.17) is 16.0 Å². The van der Waals surface area contributed by atoms with E-state index in [0.717, 1.165) is 15.4 Å². The summed E-state index contributed by atoms with van der Waals surface area (Å²) < 4.78 is 60.8. The molecule has 0 fully saturated rings. The second kappa shape index (κ2) is 14.8. The highest BCUT2D eigenvalue weighted by molar-refractivity contribution is 7.89. The normalized spacial score (nSPS) is 12.1. The van der Waals surface area contributed by atoms with Gasteiger partial charge in [0.05, 0.1) is 29.1 Å². The van der Waals surface area contributed by atoms with Crippen LogP contribution in [-0.2, 0) is 42.7 Å². The average molecular weight is 686 g/mol. The number of carbonyl (C=O) groups excluding carboxylic acids is 2. The predicted molar refractivity (Wildman–Crippen MR) is 174 cm³/mol. The molecule has 0 spiro atoms. The fraction of sp³-hybridized carbons (Fsp3) is 0.194. The van der Waals surface area contributed by atoms with Crippen molar-refractivity contribution in [1.29, 1.82) is 0 Å². The summed E-state index contributed by atoms with van der Waals surface area (Å²) in [5.74, 6) is -0.442. The molecule has 0 saturated carbocycles. The van der Waals surface area contributed by atoms with E-state index >= 15 is 0 Å². The van der Waals surface area contributed by atoms with Gasteiger partial charge in [-0.25, -0.2) is 22.3 Å². The van der Waals surface area contributed by atoms with Crippen LogP contribution in [0.15, 0.2) is 104 Å². The molecule has 0 bridgehead atoms. The largest absolute Gasteiger partial charge is 0.459 e. The first-order valence-electron chi connectivity index (χ1n) is 13.8. The van der Waals surface area contributed by atoms with Gasteiger partial charge in [0.2, 0.25) is 26.0 Å². The van der Waals surface area contributed by atoms with Gasteiger partial charge in [0.15, 0.2) is 0 Å². The van der Waals surface area contributed by atoms with Gasteiger partial charge in [-0.1, -0.05) is 41.4 Å². The van der Waals surface area contributed by atoms with Gasteiger partial charge in [-0.05, 0) is 73.2 Å². The lowest BCUT2D eigenvalue weighted by Crippen LogP contribution is -2.36. The van der Waals surface area contributed by atoms with E-state index in [-0.39, 0.29) is 34.5 Å². The zero-order valence-corrected chi connectivity index (χ0v) is 27.6. The van der Waals surface area contributed by atoms with E-state index in [1.54, 1.807) is 12.1 Å². The lowest BCUT2D eigenvalue weighted by Gasteiger charge is -2.21. The number of furan rings is 1. The third kappa shape index (κ3) is 9.11. The monoisotopic (exact) mass is 685 g/mol. The van der Waals surface area contributed by atoms with Crippen LogP contribution in [0, 0.1) is 6.92 Å². The third-order valence-electron chi connectivity index (χ3n) is 6.58. The van der Waals surface area contributed by atoms with Crippen molar-refractivity contribution < 1.29 is 30.8 Å². The van der Waals surface area contributed by atoms with Crippen LogP contribution < -0.4 is 10.7 Å². The molecule has 0 saturated heterocycles. The topological polar surface area (TPSA) is 158 Å². The van der Waals surface area contributed by atoms with Gasteiger partial charge in [0.25, 0.3) is 5.91 Å². The highest BCUT2D eigenvalue weighted by Crippen LogP contribution is 2.24. The van der Waals surface area contributed by atoms with Crippen LogP contribution in [0.2, 0.25) is 5.02 Å². The quantitative estimate of drug-likeness (QED) is 0.156. The van der Waals surface area contributed by atoms with E-state index < -0.39 is 32.5 Å². The van der Waals surface area contributed by atoms with E-state index in [0.29, 0.717) is 16.5 Å². The van der Waals surface area contributed by atoms with Gasteiger partial charge < -0.3 is 9.73 Å². The van der Waals surface area contributed by atoms with Crippen molar-refractivity contribution in [3.05, 3.63) is 113 Å². The lowest BCUT2D eigenvalue weighted by molar-refractivity contribution is -0.121. The van der Waals surface area contributed by atoms with Crippen molar-refractivity contribution in [3.8, 4) is 0 Å². The maximum atomic E-state index is 13.6. The van der Waals surface area contributed by atoms with Crippen molar-refractivity contribution in [3.63, 3.8) is 0 Å². The molecule has 0 atom stereocenters. The molecule has 1 heterocycles. The number of aryl methyl sites for hydroxylation is 1. The second-order valence-corrected chi connectivity index (χ2v) is 14.7. The number of nitrogens with one attached hydrogen (secondary N) is 2. The summed E-state index contributed by atoms with van der Waals surface area (Å²) in [5, 5.41) is 6.80. The number of benzene rings is 3. The number of carbonyl (C=O) groups is 2. The fourth-order valence-electron chi connectivity index (χ4n) is 4.19. The number of rotatable bonds is 13. The van der Waals surface area contributed by atoms with Gasteiger partial charge in [0, 0.05) is 31.2 Å². The number of likely N-dealkylation sites (N-methyl/N-ethyl adjacent to an activating group) is 1. The van der Waals surface area contributed by atoms with Crippen molar-refractivity contribution >= 4 is 55.4 Å². The first-order valence-corrected chi connectivity index (χ1v) is 17.1. The average Bonchev–Trinajstić information content (AvgIpc) is 3.45. The molecule has 2 amide bonds. The summed E-state index contributed by atoms with van der Waals surface area (Å²) in [7, 11) is -6.69. The Hall–Kier alpha value is -4.34. The Bertz CT molecular complexity index is 1930. The van der Waals surface area contributed by atoms with Crippen LogP contribution in [0.1, 0.15) is 29.6 Å². The summed E-state index contributed by atoms with van der Waals surface area (Å²) in [5.41, 5.74) is 4.52. The Morgan fingerprint density at radius 3 is 2.09 bits per heavy atom. The van der Waals surface area contributed by atoms with Crippen molar-refractivity contribution in [2.75, 3.05) is 18.9 Å². The molecule has 4 rings (SSSR count). The molecule has 0 unspecified atom stereocenters. The summed E-state index contributed by atoms with van der Waals surface area (Å²) >= 11 is 5.97. The van der Waals surface area contributed by atoms with Gasteiger partial charge in [-0.15, -0.1) is 0 Å². The number of anilines is 1. The Kier molecular flexibility index (Phi) is 11.1. The molecule has 3 aromatic carbocycles. The molecule has 4 aromatic rings. The minimum absolute atomic E-state index is 0.0574. The smallest absolute Gasteiger partial charge is 0.255 e. The summed E-state index contributed by atoms with van der Waals surface area (Å²) in [4.78, 5) is 23.6. The number of amides is 2. The Balaban J connectivity index is 1.40. The molecule has 0 aliphatic carbocycles. The summed E-state index contributed by atoms with van der Waals surface area (Å²) in [6, 6.07) is 22.1. The van der Waals surface area contributed by atoms with Crippen LogP contribution in [-0.4, -0.2) is 57.1 Å². The van der Waals surface area contributed by atoms with Crippen molar-refractivity contribution in [2.45, 2.75) is 36.7 Å². The molecular weight excluding hydrogens is 654 g/mol. The zero-order chi connectivity index (χ0) is 33.5. The molecule has 242 valence electrons. The number of hydrazone groups is 1. The number of sulfonamides is 2. The SMILES string of the molecule is CC(=O)Nc1ccc(S(=O)(=O)N(C)CC(=O)N/N=C\c2ccc(CN(Cc3ccc(C)cc3)S(=O)(=O)c3ccc(Cl)cc3)o2)cc1. The highest BCUT2D eigenvalue weighted by atomic mass is 35.5. The van der Waals surface area contributed by atoms with Gasteiger partial charge in [-0.2, -0.15) is 13.7 Å².